The molecule has 6 heteroatoms. The van der Waals surface area contributed by atoms with Crippen LogP contribution in [0.25, 0.3) is 22.0 Å². The second kappa shape index (κ2) is 8.04. The lowest BCUT2D eigenvalue weighted by molar-refractivity contribution is 0.0687. The molecule has 2 aromatic heterocycles. The largest absolute Gasteiger partial charge is 0.382 e. The van der Waals surface area contributed by atoms with Gasteiger partial charge in [0.05, 0.1) is 11.6 Å². The number of hydrogen-bond acceptors (Lipinski definition) is 5. The Balaban J connectivity index is 1.74. The second-order valence-electron chi connectivity index (χ2n) is 8.29. The van der Waals surface area contributed by atoms with Gasteiger partial charge >= 0.3 is 0 Å². The van der Waals surface area contributed by atoms with Gasteiger partial charge in [0.25, 0.3) is 0 Å². The molecule has 4 aromatic rings. The van der Waals surface area contributed by atoms with E-state index in [4.69, 9.17) is 0 Å². The molecule has 158 valence electrons. The van der Waals surface area contributed by atoms with Crippen molar-refractivity contribution in [3.8, 4) is 11.1 Å². The van der Waals surface area contributed by atoms with Crippen LogP contribution in [0.1, 0.15) is 43.8 Å². The highest BCUT2D eigenvalue weighted by molar-refractivity contribution is 5.95. The van der Waals surface area contributed by atoms with E-state index >= 15 is 0 Å². The van der Waals surface area contributed by atoms with Gasteiger partial charge in [-0.1, -0.05) is 24.3 Å². The molecule has 0 bridgehead atoms. The van der Waals surface area contributed by atoms with Gasteiger partial charge in [-0.25, -0.2) is 14.4 Å². The van der Waals surface area contributed by atoms with Gasteiger partial charge in [-0.05, 0) is 57.0 Å². The van der Waals surface area contributed by atoms with Gasteiger partial charge < -0.3 is 10.4 Å². The third-order valence-electron chi connectivity index (χ3n) is 5.32. The standard InChI is InChI=1S/C25H25FN4O/c1-15-12-27-22-10-9-17(18-13-28-24(29-14-18)25(3,4)31)11-20(22)23(15)30-16(2)19-7-5-6-8-21(19)26/h5-14,16,31H,1-4H3,(H,27,30). The van der Waals surface area contributed by atoms with E-state index in [-0.39, 0.29) is 11.9 Å². The smallest absolute Gasteiger partial charge is 0.159 e. The molecular formula is C25H25FN4O. The fourth-order valence-corrected chi connectivity index (χ4v) is 3.58. The van der Waals surface area contributed by atoms with Crippen LogP contribution in [-0.4, -0.2) is 20.1 Å². The van der Waals surface area contributed by atoms with Crippen LogP contribution in [0.2, 0.25) is 0 Å². The molecule has 4 rings (SSSR count). The monoisotopic (exact) mass is 416 g/mol. The highest BCUT2D eigenvalue weighted by Crippen LogP contribution is 2.33. The van der Waals surface area contributed by atoms with Crippen molar-refractivity contribution in [3.63, 3.8) is 0 Å². The van der Waals surface area contributed by atoms with Crippen molar-refractivity contribution in [2.24, 2.45) is 0 Å². The summed E-state index contributed by atoms with van der Waals surface area (Å²) in [6, 6.07) is 12.5. The maximum Gasteiger partial charge on any atom is 0.159 e. The van der Waals surface area contributed by atoms with E-state index in [0.717, 1.165) is 33.3 Å². The Bertz CT molecular complexity index is 1230. The Morgan fingerprint density at radius 1 is 0.968 bits per heavy atom. The fraction of sp³-hybridized carbons (Fsp3) is 0.240. The van der Waals surface area contributed by atoms with Gasteiger partial charge in [-0.15, -0.1) is 0 Å². The van der Waals surface area contributed by atoms with Crippen LogP contribution in [0.5, 0.6) is 0 Å². The van der Waals surface area contributed by atoms with E-state index in [9.17, 15) is 9.50 Å². The number of rotatable bonds is 5. The molecule has 0 saturated carbocycles. The average molecular weight is 417 g/mol. The first-order valence-corrected chi connectivity index (χ1v) is 10.2. The minimum absolute atomic E-state index is 0.219. The number of anilines is 1. The average Bonchev–Trinajstić information content (AvgIpc) is 2.75. The van der Waals surface area contributed by atoms with Gasteiger partial charge in [-0.3, -0.25) is 4.98 Å². The molecule has 1 unspecified atom stereocenters. The third-order valence-corrected chi connectivity index (χ3v) is 5.32. The van der Waals surface area contributed by atoms with Crippen molar-refractivity contribution < 1.29 is 9.50 Å². The molecule has 0 aliphatic carbocycles. The zero-order valence-electron chi connectivity index (χ0n) is 18.0. The van der Waals surface area contributed by atoms with Crippen LogP contribution in [0.3, 0.4) is 0 Å². The van der Waals surface area contributed by atoms with Crippen molar-refractivity contribution in [1.82, 2.24) is 15.0 Å². The van der Waals surface area contributed by atoms with Crippen LogP contribution in [0.15, 0.2) is 61.1 Å². The van der Waals surface area contributed by atoms with Crippen LogP contribution >= 0.6 is 0 Å². The number of aryl methyl sites for hydroxylation is 1. The van der Waals surface area contributed by atoms with Crippen LogP contribution in [0, 0.1) is 12.7 Å². The van der Waals surface area contributed by atoms with E-state index < -0.39 is 5.60 Å². The van der Waals surface area contributed by atoms with Crippen molar-refractivity contribution >= 4 is 16.6 Å². The molecule has 0 spiro atoms. The summed E-state index contributed by atoms with van der Waals surface area (Å²) in [7, 11) is 0. The van der Waals surface area contributed by atoms with E-state index in [1.54, 1.807) is 38.4 Å². The fourth-order valence-electron chi connectivity index (χ4n) is 3.58. The molecule has 31 heavy (non-hydrogen) atoms. The maximum absolute atomic E-state index is 14.3. The van der Waals surface area contributed by atoms with E-state index in [1.807, 2.05) is 44.3 Å². The summed E-state index contributed by atoms with van der Waals surface area (Å²) < 4.78 is 14.3. The number of aromatic nitrogens is 3. The molecule has 5 nitrogen and oxygen atoms in total. The van der Waals surface area contributed by atoms with Gasteiger partial charge in [0.1, 0.15) is 11.4 Å². The summed E-state index contributed by atoms with van der Waals surface area (Å²) >= 11 is 0. The number of nitrogens with zero attached hydrogens (tertiary/aromatic N) is 3. The first kappa shape index (κ1) is 20.9. The zero-order chi connectivity index (χ0) is 22.2. The summed E-state index contributed by atoms with van der Waals surface area (Å²) in [6.07, 6.45) is 5.24. The SMILES string of the molecule is Cc1cnc2ccc(-c3cnc(C(C)(C)O)nc3)cc2c1NC(C)c1ccccc1F. The van der Waals surface area contributed by atoms with Crippen molar-refractivity contribution in [2.45, 2.75) is 39.3 Å². The van der Waals surface area contributed by atoms with Crippen LogP contribution < -0.4 is 5.32 Å². The molecule has 2 aromatic carbocycles. The number of halogens is 1. The molecule has 0 aliphatic heterocycles. The molecule has 0 amide bonds. The predicted molar refractivity (Wildman–Crippen MR) is 121 cm³/mol. The summed E-state index contributed by atoms with van der Waals surface area (Å²) in [4.78, 5) is 13.2. The Hall–Kier alpha value is -3.38. The quantitative estimate of drug-likeness (QED) is 0.447. The number of benzene rings is 2. The molecule has 1 atom stereocenters. The minimum atomic E-state index is -1.09. The lowest BCUT2D eigenvalue weighted by Gasteiger charge is -2.20. The highest BCUT2D eigenvalue weighted by Gasteiger charge is 2.19. The number of aliphatic hydroxyl groups is 1. The van der Waals surface area contributed by atoms with Gasteiger partial charge in [-0.2, -0.15) is 0 Å². The minimum Gasteiger partial charge on any atom is -0.382 e. The van der Waals surface area contributed by atoms with Crippen molar-refractivity contribution in [2.75, 3.05) is 5.32 Å². The maximum atomic E-state index is 14.3. The normalized spacial score (nSPS) is 12.7. The molecular weight excluding hydrogens is 391 g/mol. The van der Waals surface area contributed by atoms with E-state index in [1.165, 1.54) is 6.07 Å². The summed E-state index contributed by atoms with van der Waals surface area (Å²) in [5, 5.41) is 14.5. The van der Waals surface area contributed by atoms with Gasteiger partial charge in [0.15, 0.2) is 5.82 Å². The third kappa shape index (κ3) is 4.25. The van der Waals surface area contributed by atoms with Gasteiger partial charge in [0, 0.05) is 40.8 Å². The topological polar surface area (TPSA) is 70.9 Å². The highest BCUT2D eigenvalue weighted by atomic mass is 19.1. The molecule has 2 N–H and O–H groups in total. The van der Waals surface area contributed by atoms with Crippen LogP contribution in [-0.2, 0) is 5.60 Å². The Morgan fingerprint density at radius 2 is 1.68 bits per heavy atom. The predicted octanol–water partition coefficient (Wildman–Crippen LogP) is 5.54. The summed E-state index contributed by atoms with van der Waals surface area (Å²) in [5.41, 5.74) is 4.01. The van der Waals surface area contributed by atoms with Crippen molar-refractivity contribution in [1.29, 1.82) is 0 Å². The summed E-state index contributed by atoms with van der Waals surface area (Å²) in [6.45, 7) is 7.23. The zero-order valence-corrected chi connectivity index (χ0v) is 18.0. The Kier molecular flexibility index (Phi) is 5.41. The van der Waals surface area contributed by atoms with Crippen LogP contribution in [0.4, 0.5) is 10.1 Å². The first-order valence-electron chi connectivity index (χ1n) is 10.2. The molecule has 2 heterocycles. The molecule has 0 aliphatic rings. The van der Waals surface area contributed by atoms with Gasteiger partial charge in [0.2, 0.25) is 0 Å². The number of pyridine rings is 1. The van der Waals surface area contributed by atoms with E-state index in [0.29, 0.717) is 11.4 Å². The van der Waals surface area contributed by atoms with E-state index in [2.05, 4.69) is 20.3 Å². The Morgan fingerprint density at radius 3 is 2.35 bits per heavy atom. The number of fused-ring (bicyclic) bond motifs is 1. The number of nitrogens with one attached hydrogen (secondary N) is 1. The Labute approximate surface area is 181 Å². The second-order valence-corrected chi connectivity index (χ2v) is 8.29. The number of hydrogen-bond donors (Lipinski definition) is 2. The molecule has 0 saturated heterocycles. The summed E-state index contributed by atoms with van der Waals surface area (Å²) in [5.74, 6) is 0.138. The molecule has 0 fully saturated rings. The molecule has 0 radical (unpaired) electrons. The van der Waals surface area contributed by atoms with Crippen molar-refractivity contribution in [3.05, 3.63) is 83.8 Å². The lowest BCUT2D eigenvalue weighted by Crippen LogP contribution is -2.19. The lowest BCUT2D eigenvalue weighted by atomic mass is 10.0. The first-order chi connectivity index (χ1) is 14.7.